The van der Waals surface area contributed by atoms with E-state index in [0.717, 1.165) is 37.0 Å². The molecule has 2 N–H and O–H groups in total. The summed E-state index contributed by atoms with van der Waals surface area (Å²) in [6.07, 6.45) is 3.21. The van der Waals surface area contributed by atoms with E-state index in [9.17, 15) is 14.3 Å². The Kier molecular flexibility index (Phi) is 5.24. The molecule has 2 aliphatic rings. The summed E-state index contributed by atoms with van der Waals surface area (Å²) < 4.78 is 13.9. The number of fused-ring (bicyclic) bond motifs is 1. The summed E-state index contributed by atoms with van der Waals surface area (Å²) >= 11 is 1.51. The second-order valence-corrected chi connectivity index (χ2v) is 7.50. The Balaban J connectivity index is 1.62. The predicted molar refractivity (Wildman–Crippen MR) is 88.9 cm³/mol. The second-order valence-electron chi connectivity index (χ2n) is 6.40. The highest BCUT2D eigenvalue weighted by atomic mass is 32.2. The van der Waals surface area contributed by atoms with Crippen molar-refractivity contribution in [3.8, 4) is 0 Å². The zero-order valence-electron chi connectivity index (χ0n) is 13.3. The van der Waals surface area contributed by atoms with Crippen molar-refractivity contribution in [2.24, 2.45) is 0 Å². The lowest BCUT2D eigenvalue weighted by atomic mass is 10.0. The molecule has 1 aliphatic carbocycles. The number of carbonyl (C=O) groups is 1. The van der Waals surface area contributed by atoms with Gasteiger partial charge in [0.2, 0.25) is 5.91 Å². The normalized spacial score (nSPS) is 27.0. The van der Waals surface area contributed by atoms with E-state index in [0.29, 0.717) is 4.90 Å². The van der Waals surface area contributed by atoms with Gasteiger partial charge in [0.15, 0.2) is 0 Å². The molecule has 0 radical (unpaired) electrons. The summed E-state index contributed by atoms with van der Waals surface area (Å²) in [5.74, 6) is 0.520. The van der Waals surface area contributed by atoms with Crippen molar-refractivity contribution in [2.75, 3.05) is 19.3 Å². The first kappa shape index (κ1) is 16.7. The number of aliphatic hydroxyl groups excluding tert-OH is 1. The van der Waals surface area contributed by atoms with Crippen molar-refractivity contribution in [3.05, 3.63) is 29.6 Å². The molecular weight excluding hydrogens is 315 g/mol. The van der Waals surface area contributed by atoms with Crippen LogP contribution in [0.15, 0.2) is 23.1 Å². The molecule has 1 aromatic carbocycles. The lowest BCUT2D eigenvalue weighted by Gasteiger charge is -2.29. The minimum atomic E-state index is -0.339. The average molecular weight is 338 g/mol. The van der Waals surface area contributed by atoms with Gasteiger partial charge in [-0.05, 0) is 44.4 Å². The molecule has 1 heterocycles. The van der Waals surface area contributed by atoms with Gasteiger partial charge in [-0.15, -0.1) is 11.8 Å². The number of nitrogens with one attached hydrogen (secondary N) is 1. The molecule has 3 unspecified atom stereocenters. The lowest BCUT2D eigenvalue weighted by molar-refractivity contribution is -0.123. The molecule has 0 saturated heterocycles. The van der Waals surface area contributed by atoms with Crippen LogP contribution >= 0.6 is 11.8 Å². The smallest absolute Gasteiger partial charge is 0.234 e. The third-order valence-electron chi connectivity index (χ3n) is 4.76. The number of carbonyl (C=O) groups excluding carboxylic acids is 1. The second kappa shape index (κ2) is 7.20. The Labute approximate surface area is 140 Å². The molecule has 0 spiro atoms. The molecule has 6 heteroatoms. The quantitative estimate of drug-likeness (QED) is 0.885. The minimum absolute atomic E-state index is 0.0624. The van der Waals surface area contributed by atoms with Crippen LogP contribution in [0.2, 0.25) is 0 Å². The zero-order valence-corrected chi connectivity index (χ0v) is 14.1. The first-order valence-corrected chi connectivity index (χ1v) is 9.13. The molecular formula is C17H23FN2O2S. The van der Waals surface area contributed by atoms with Crippen molar-refractivity contribution in [1.29, 1.82) is 0 Å². The van der Waals surface area contributed by atoms with E-state index in [1.165, 1.54) is 17.8 Å². The van der Waals surface area contributed by atoms with Crippen molar-refractivity contribution >= 4 is 17.7 Å². The topological polar surface area (TPSA) is 52.6 Å². The van der Waals surface area contributed by atoms with Crippen LogP contribution in [0.4, 0.5) is 4.39 Å². The van der Waals surface area contributed by atoms with Gasteiger partial charge in [0, 0.05) is 16.7 Å². The molecule has 1 aromatic rings. The molecule has 1 fully saturated rings. The maximum Gasteiger partial charge on any atom is 0.234 e. The summed E-state index contributed by atoms with van der Waals surface area (Å²) in [5.41, 5.74) is 0.873. The van der Waals surface area contributed by atoms with Crippen molar-refractivity contribution in [2.45, 2.75) is 48.8 Å². The van der Waals surface area contributed by atoms with Gasteiger partial charge in [-0.25, -0.2) is 4.39 Å². The highest BCUT2D eigenvalue weighted by molar-refractivity contribution is 7.99. The number of aliphatic hydroxyl groups is 1. The van der Waals surface area contributed by atoms with Crippen LogP contribution in [0.3, 0.4) is 0 Å². The van der Waals surface area contributed by atoms with Gasteiger partial charge in [-0.1, -0.05) is 12.1 Å². The van der Waals surface area contributed by atoms with E-state index in [2.05, 4.69) is 5.32 Å². The summed E-state index contributed by atoms with van der Waals surface area (Å²) in [6, 6.07) is 4.98. The third kappa shape index (κ3) is 3.70. The third-order valence-corrected chi connectivity index (χ3v) is 5.92. The minimum Gasteiger partial charge on any atom is -0.391 e. The molecule has 126 valence electrons. The summed E-state index contributed by atoms with van der Waals surface area (Å²) in [6.45, 7) is 0.260. The van der Waals surface area contributed by atoms with Gasteiger partial charge in [0.25, 0.3) is 0 Å². The number of benzene rings is 1. The van der Waals surface area contributed by atoms with Crippen LogP contribution in [-0.4, -0.2) is 47.4 Å². The molecule has 1 saturated carbocycles. The number of hydrogen-bond donors (Lipinski definition) is 2. The van der Waals surface area contributed by atoms with Crippen LogP contribution in [0, 0.1) is 5.82 Å². The number of hydrogen-bond acceptors (Lipinski definition) is 4. The van der Waals surface area contributed by atoms with E-state index in [-0.39, 0.29) is 36.5 Å². The highest BCUT2D eigenvalue weighted by Crippen LogP contribution is 2.37. The van der Waals surface area contributed by atoms with Gasteiger partial charge in [-0.2, -0.15) is 0 Å². The van der Waals surface area contributed by atoms with Gasteiger partial charge in [0.05, 0.1) is 18.7 Å². The Morgan fingerprint density at radius 2 is 2.26 bits per heavy atom. The zero-order chi connectivity index (χ0) is 16.4. The molecule has 0 bridgehead atoms. The molecule has 1 aliphatic heterocycles. The number of thioether (sulfide) groups is 1. The lowest BCUT2D eigenvalue weighted by Crippen LogP contribution is -2.44. The number of likely N-dealkylation sites (N-methyl/N-ethyl adjacent to an activating group) is 1. The molecule has 3 atom stereocenters. The van der Waals surface area contributed by atoms with E-state index in [4.69, 9.17) is 0 Å². The fraction of sp³-hybridized carbons (Fsp3) is 0.588. The van der Waals surface area contributed by atoms with Gasteiger partial charge in [-0.3, -0.25) is 9.69 Å². The van der Waals surface area contributed by atoms with Crippen molar-refractivity contribution in [3.63, 3.8) is 0 Å². The Morgan fingerprint density at radius 1 is 1.43 bits per heavy atom. The maximum absolute atomic E-state index is 13.9. The highest BCUT2D eigenvalue weighted by Gasteiger charge is 2.30. The van der Waals surface area contributed by atoms with Crippen molar-refractivity contribution in [1.82, 2.24) is 10.2 Å². The molecule has 3 rings (SSSR count). The van der Waals surface area contributed by atoms with Crippen LogP contribution in [-0.2, 0) is 4.79 Å². The van der Waals surface area contributed by atoms with E-state index in [1.54, 1.807) is 6.07 Å². The number of amides is 1. The fourth-order valence-corrected chi connectivity index (χ4v) is 4.70. The Morgan fingerprint density at radius 3 is 3.00 bits per heavy atom. The average Bonchev–Trinajstić information content (AvgIpc) is 2.94. The van der Waals surface area contributed by atoms with Crippen LogP contribution in [0.5, 0.6) is 0 Å². The van der Waals surface area contributed by atoms with Gasteiger partial charge >= 0.3 is 0 Å². The van der Waals surface area contributed by atoms with Crippen LogP contribution < -0.4 is 5.32 Å². The van der Waals surface area contributed by atoms with E-state index in [1.807, 2.05) is 18.0 Å². The number of halogens is 1. The first-order chi connectivity index (χ1) is 11.1. The predicted octanol–water partition coefficient (Wildman–Crippen LogP) is 2.32. The van der Waals surface area contributed by atoms with Crippen LogP contribution in [0.25, 0.3) is 0 Å². The maximum atomic E-state index is 13.9. The van der Waals surface area contributed by atoms with Gasteiger partial charge < -0.3 is 10.4 Å². The fourth-order valence-electron chi connectivity index (χ4n) is 3.56. The summed E-state index contributed by atoms with van der Waals surface area (Å²) in [7, 11) is 1.88. The summed E-state index contributed by atoms with van der Waals surface area (Å²) in [4.78, 5) is 14.9. The van der Waals surface area contributed by atoms with Gasteiger partial charge in [0.1, 0.15) is 5.82 Å². The molecule has 1 amide bonds. The number of rotatable bonds is 4. The van der Waals surface area contributed by atoms with E-state index >= 15 is 0 Å². The molecule has 0 aromatic heterocycles. The van der Waals surface area contributed by atoms with Crippen molar-refractivity contribution < 1.29 is 14.3 Å². The molecule has 4 nitrogen and oxygen atoms in total. The SMILES string of the molecule is CN(CC(=O)NC1CCSc2c(F)cccc21)C1CCCC1O. The van der Waals surface area contributed by atoms with E-state index < -0.39 is 0 Å². The largest absolute Gasteiger partial charge is 0.391 e. The molecule has 23 heavy (non-hydrogen) atoms. The Bertz CT molecular complexity index is 584. The monoisotopic (exact) mass is 338 g/mol. The van der Waals surface area contributed by atoms with Crippen LogP contribution in [0.1, 0.15) is 37.3 Å². The summed E-state index contributed by atoms with van der Waals surface area (Å²) in [5, 5.41) is 13.0. The Hall–Kier alpha value is -1.11. The first-order valence-electron chi connectivity index (χ1n) is 8.15. The standard InChI is InChI=1S/C17H23FN2O2S/c1-20(14-6-3-7-15(14)21)10-16(22)19-13-8-9-23-17-11(13)4-2-5-12(17)18/h2,4-5,13-15,21H,3,6-10H2,1H3,(H,19,22). The number of nitrogens with zero attached hydrogens (tertiary/aromatic N) is 1.